The number of likely N-dealkylation sites (tertiary alicyclic amines) is 1. The lowest BCUT2D eigenvalue weighted by Crippen LogP contribution is -2.49. The molecular formula is C27H44ClFN2O4. The third-order valence-corrected chi connectivity index (χ3v) is 7.60. The summed E-state index contributed by atoms with van der Waals surface area (Å²) in [6.07, 6.45) is 4.45. The molecule has 3 atom stereocenters. The Balaban J connectivity index is 2.21. The van der Waals surface area contributed by atoms with E-state index in [1.54, 1.807) is 26.4 Å². The lowest BCUT2D eigenvalue weighted by molar-refractivity contribution is -0.138. The van der Waals surface area contributed by atoms with E-state index in [-0.39, 0.29) is 33.9 Å². The number of nitrogens with zero attached hydrogens (tertiary/aromatic N) is 1. The molecule has 0 radical (unpaired) electrons. The highest BCUT2D eigenvalue weighted by atomic mass is 35.5. The van der Waals surface area contributed by atoms with E-state index in [0.29, 0.717) is 51.9 Å². The molecular weight excluding hydrogens is 471 g/mol. The standard InChI is InChI=1S/C27H44ClFN2O4/c1-26(2,35-5)17-20(18-30-3)16-24(32)31-14-9-10-21(19-31)27(33,13-6-7-15-34-4)22-11-8-12-23(28)25(22)29/h8,11-12,20-21,30,33H,6-7,9-10,13-19H2,1-5H3/t20-,21+,27-/m0/s1. The van der Waals surface area contributed by atoms with E-state index in [1.165, 1.54) is 6.07 Å². The van der Waals surface area contributed by atoms with Gasteiger partial charge in [0.05, 0.1) is 16.2 Å². The third-order valence-electron chi connectivity index (χ3n) is 7.31. The van der Waals surface area contributed by atoms with Crippen LogP contribution in [0.1, 0.15) is 64.4 Å². The fraction of sp³-hybridized carbons (Fsp3) is 0.741. The van der Waals surface area contributed by atoms with Crippen molar-refractivity contribution >= 4 is 17.5 Å². The highest BCUT2D eigenvalue weighted by Crippen LogP contribution is 2.42. The summed E-state index contributed by atoms with van der Waals surface area (Å²) in [7, 11) is 5.22. The Morgan fingerprint density at radius 1 is 1.34 bits per heavy atom. The fourth-order valence-corrected chi connectivity index (χ4v) is 5.47. The number of hydrogen-bond donors (Lipinski definition) is 2. The van der Waals surface area contributed by atoms with Crippen molar-refractivity contribution in [3.8, 4) is 0 Å². The van der Waals surface area contributed by atoms with Gasteiger partial charge < -0.3 is 24.8 Å². The Hall–Kier alpha value is -1.25. The number of nitrogens with one attached hydrogen (secondary N) is 1. The maximum atomic E-state index is 15.1. The zero-order valence-corrected chi connectivity index (χ0v) is 22.8. The zero-order valence-electron chi connectivity index (χ0n) is 22.0. The summed E-state index contributed by atoms with van der Waals surface area (Å²) in [5.74, 6) is -0.673. The minimum atomic E-state index is -1.41. The maximum absolute atomic E-state index is 15.1. The van der Waals surface area contributed by atoms with Gasteiger partial charge in [0.1, 0.15) is 5.82 Å². The summed E-state index contributed by atoms with van der Waals surface area (Å²) in [6.45, 7) is 6.39. The third kappa shape index (κ3) is 8.39. The van der Waals surface area contributed by atoms with Gasteiger partial charge in [0, 0.05) is 51.8 Å². The number of rotatable bonds is 14. The van der Waals surface area contributed by atoms with Crippen LogP contribution in [-0.4, -0.2) is 69.0 Å². The van der Waals surface area contributed by atoms with Gasteiger partial charge in [-0.25, -0.2) is 4.39 Å². The molecule has 1 aliphatic rings. The number of carbonyl (C=O) groups is 1. The molecule has 0 unspecified atom stereocenters. The molecule has 1 aromatic carbocycles. The Morgan fingerprint density at radius 3 is 2.74 bits per heavy atom. The van der Waals surface area contributed by atoms with Gasteiger partial charge in [-0.1, -0.05) is 23.7 Å². The molecule has 0 aliphatic carbocycles. The number of amides is 1. The SMILES string of the molecule is CNC[C@@H](CC(=O)N1CCC[C@@H]([C@@](O)(CCCCOC)c2cccc(Cl)c2F)C1)CC(C)(C)OC. The number of carbonyl (C=O) groups excluding carboxylic acids is 1. The van der Waals surface area contributed by atoms with Gasteiger partial charge in [0.25, 0.3) is 0 Å². The molecule has 1 saturated heterocycles. The first kappa shape index (κ1) is 30.0. The predicted octanol–water partition coefficient (Wildman–Crippen LogP) is 4.76. The van der Waals surface area contributed by atoms with E-state index in [0.717, 1.165) is 19.3 Å². The lowest BCUT2D eigenvalue weighted by Gasteiger charge is -2.43. The largest absolute Gasteiger partial charge is 0.385 e. The molecule has 6 nitrogen and oxygen atoms in total. The van der Waals surface area contributed by atoms with Crippen LogP contribution in [0, 0.1) is 17.7 Å². The second-order valence-corrected chi connectivity index (χ2v) is 10.9. The highest BCUT2D eigenvalue weighted by Gasteiger charge is 2.43. The molecule has 2 N–H and O–H groups in total. The van der Waals surface area contributed by atoms with Crippen molar-refractivity contribution in [2.24, 2.45) is 11.8 Å². The van der Waals surface area contributed by atoms with Crippen LogP contribution in [0.4, 0.5) is 4.39 Å². The number of ether oxygens (including phenoxy) is 2. The van der Waals surface area contributed by atoms with Crippen molar-refractivity contribution in [3.63, 3.8) is 0 Å². The van der Waals surface area contributed by atoms with Gasteiger partial charge in [0.2, 0.25) is 5.91 Å². The molecule has 200 valence electrons. The van der Waals surface area contributed by atoms with Gasteiger partial charge in [0.15, 0.2) is 0 Å². The number of unbranched alkanes of at least 4 members (excludes halogenated alkanes) is 1. The van der Waals surface area contributed by atoms with Crippen LogP contribution in [0.15, 0.2) is 18.2 Å². The van der Waals surface area contributed by atoms with Crippen molar-refractivity contribution in [1.29, 1.82) is 0 Å². The lowest BCUT2D eigenvalue weighted by atomic mass is 9.73. The van der Waals surface area contributed by atoms with Crippen molar-refractivity contribution in [2.75, 3.05) is 47.5 Å². The highest BCUT2D eigenvalue weighted by molar-refractivity contribution is 6.30. The van der Waals surface area contributed by atoms with Crippen LogP contribution in [0.25, 0.3) is 0 Å². The fourth-order valence-electron chi connectivity index (χ4n) is 5.29. The van der Waals surface area contributed by atoms with Crippen LogP contribution in [0.2, 0.25) is 5.02 Å². The van der Waals surface area contributed by atoms with E-state index in [4.69, 9.17) is 21.1 Å². The predicted molar refractivity (Wildman–Crippen MR) is 138 cm³/mol. The topological polar surface area (TPSA) is 71.0 Å². The molecule has 2 rings (SSSR count). The zero-order chi connectivity index (χ0) is 26.1. The van der Waals surface area contributed by atoms with Crippen LogP contribution < -0.4 is 5.32 Å². The van der Waals surface area contributed by atoms with Gasteiger partial charge in [-0.2, -0.15) is 0 Å². The minimum Gasteiger partial charge on any atom is -0.385 e. The summed E-state index contributed by atoms with van der Waals surface area (Å²) < 4.78 is 25.9. The summed E-state index contributed by atoms with van der Waals surface area (Å²) in [5.41, 5.74) is -1.51. The van der Waals surface area contributed by atoms with Crippen LogP contribution >= 0.6 is 11.6 Å². The molecule has 1 amide bonds. The minimum absolute atomic E-state index is 0.00257. The summed E-state index contributed by atoms with van der Waals surface area (Å²) in [4.78, 5) is 15.2. The average Bonchev–Trinajstić information content (AvgIpc) is 2.83. The molecule has 1 aliphatic heterocycles. The van der Waals surface area contributed by atoms with Crippen molar-refractivity contribution in [1.82, 2.24) is 10.2 Å². The van der Waals surface area contributed by atoms with E-state index in [9.17, 15) is 9.90 Å². The van der Waals surface area contributed by atoms with Gasteiger partial charge in [-0.05, 0) is 77.9 Å². The summed E-state index contributed by atoms with van der Waals surface area (Å²) >= 11 is 6.09. The second kappa shape index (κ2) is 13.9. The number of hydrogen-bond acceptors (Lipinski definition) is 5. The number of benzene rings is 1. The molecule has 0 spiro atoms. The molecule has 1 aromatic rings. The Morgan fingerprint density at radius 2 is 2.09 bits per heavy atom. The monoisotopic (exact) mass is 514 g/mol. The Bertz CT molecular complexity index is 809. The molecule has 35 heavy (non-hydrogen) atoms. The van der Waals surface area contributed by atoms with Crippen LogP contribution in [0.5, 0.6) is 0 Å². The second-order valence-electron chi connectivity index (χ2n) is 10.5. The van der Waals surface area contributed by atoms with Gasteiger partial charge >= 0.3 is 0 Å². The molecule has 0 bridgehead atoms. The molecule has 1 heterocycles. The number of halogens is 2. The Kier molecular flexibility index (Phi) is 11.9. The van der Waals surface area contributed by atoms with Crippen LogP contribution in [-0.2, 0) is 19.9 Å². The molecule has 0 saturated carbocycles. The van der Waals surface area contributed by atoms with Crippen LogP contribution in [0.3, 0.4) is 0 Å². The van der Waals surface area contributed by atoms with E-state index < -0.39 is 11.4 Å². The Labute approximate surface area is 215 Å². The smallest absolute Gasteiger partial charge is 0.222 e. The molecule has 0 aromatic heterocycles. The van der Waals surface area contributed by atoms with Gasteiger partial charge in [-0.15, -0.1) is 0 Å². The van der Waals surface area contributed by atoms with E-state index in [1.807, 2.05) is 25.8 Å². The number of methoxy groups -OCH3 is 2. The average molecular weight is 515 g/mol. The van der Waals surface area contributed by atoms with Gasteiger partial charge in [-0.3, -0.25) is 4.79 Å². The number of aliphatic hydroxyl groups is 1. The summed E-state index contributed by atoms with van der Waals surface area (Å²) in [5, 5.41) is 15.1. The normalized spacial score (nSPS) is 19.4. The first-order chi connectivity index (χ1) is 16.6. The number of piperidine rings is 1. The first-order valence-electron chi connectivity index (χ1n) is 12.7. The first-order valence-corrected chi connectivity index (χ1v) is 13.1. The van der Waals surface area contributed by atoms with Crippen molar-refractivity contribution in [2.45, 2.75) is 70.0 Å². The molecule has 8 heteroatoms. The summed E-state index contributed by atoms with van der Waals surface area (Å²) in [6, 6.07) is 4.78. The van der Waals surface area contributed by atoms with Crippen molar-refractivity contribution in [3.05, 3.63) is 34.6 Å². The quantitative estimate of drug-likeness (QED) is 0.350. The molecule has 1 fully saturated rings. The van der Waals surface area contributed by atoms with E-state index >= 15 is 4.39 Å². The van der Waals surface area contributed by atoms with Crippen molar-refractivity contribution < 1.29 is 23.8 Å². The van der Waals surface area contributed by atoms with E-state index in [2.05, 4.69) is 5.32 Å². The maximum Gasteiger partial charge on any atom is 0.222 e.